The van der Waals surface area contributed by atoms with Gasteiger partial charge in [-0.15, -0.1) is 0 Å². The van der Waals surface area contributed by atoms with Crippen molar-refractivity contribution in [2.75, 3.05) is 11.7 Å². The summed E-state index contributed by atoms with van der Waals surface area (Å²) in [6, 6.07) is 10.2. The standard InChI is InChI=1S/C17H26N2OSi/c1-17(2,3)14-10-9-11-15(16(14)20)21(5,6)18(4)19-12-7-8-13-19/h7-13,20H,1-6H3. The summed E-state index contributed by atoms with van der Waals surface area (Å²) in [6.07, 6.45) is 4.08. The molecule has 0 unspecified atom stereocenters. The van der Waals surface area contributed by atoms with E-state index in [1.165, 1.54) is 0 Å². The first kappa shape index (κ1) is 15.7. The number of phenols is 1. The van der Waals surface area contributed by atoms with E-state index in [0.29, 0.717) is 5.75 Å². The molecule has 0 spiro atoms. The maximum atomic E-state index is 10.8. The number of rotatable bonds is 3. The van der Waals surface area contributed by atoms with Crippen LogP contribution in [0.25, 0.3) is 0 Å². The number of aromatic nitrogens is 1. The van der Waals surface area contributed by atoms with Gasteiger partial charge in [-0.1, -0.05) is 39.0 Å². The Balaban J connectivity index is 2.50. The van der Waals surface area contributed by atoms with Crippen molar-refractivity contribution in [1.82, 2.24) is 4.68 Å². The topological polar surface area (TPSA) is 28.4 Å². The van der Waals surface area contributed by atoms with Crippen molar-refractivity contribution in [3.8, 4) is 5.75 Å². The van der Waals surface area contributed by atoms with Crippen molar-refractivity contribution in [3.05, 3.63) is 48.3 Å². The Morgan fingerprint density at radius 3 is 2.14 bits per heavy atom. The number of benzene rings is 1. The number of phenolic OH excluding ortho intramolecular Hbond substituents is 1. The van der Waals surface area contributed by atoms with Gasteiger partial charge in [-0.3, -0.25) is 4.68 Å². The predicted molar refractivity (Wildman–Crippen MR) is 92.5 cm³/mol. The summed E-state index contributed by atoms with van der Waals surface area (Å²) in [6.45, 7) is 10.9. The summed E-state index contributed by atoms with van der Waals surface area (Å²) in [5.41, 5.74) is 0.956. The predicted octanol–water partition coefficient (Wildman–Crippen LogP) is 3.17. The monoisotopic (exact) mass is 302 g/mol. The maximum absolute atomic E-state index is 10.8. The Bertz CT molecular complexity index is 612. The maximum Gasteiger partial charge on any atom is 0.204 e. The van der Waals surface area contributed by atoms with Gasteiger partial charge in [-0.2, -0.15) is 0 Å². The third kappa shape index (κ3) is 2.86. The third-order valence-electron chi connectivity index (χ3n) is 4.25. The number of hydrogen-bond donors (Lipinski definition) is 1. The second-order valence-electron chi connectivity index (χ2n) is 7.10. The van der Waals surface area contributed by atoms with Crippen LogP contribution in [0.4, 0.5) is 0 Å². The molecule has 1 heterocycles. The average molecular weight is 302 g/mol. The molecule has 0 aliphatic carbocycles. The van der Waals surface area contributed by atoms with Crippen LogP contribution in [-0.2, 0) is 5.41 Å². The zero-order valence-corrected chi connectivity index (χ0v) is 14.9. The quantitative estimate of drug-likeness (QED) is 0.882. The second kappa shape index (κ2) is 5.26. The lowest BCUT2D eigenvalue weighted by Gasteiger charge is -2.37. The van der Waals surface area contributed by atoms with Crippen LogP contribution in [0.15, 0.2) is 42.7 Å². The highest BCUT2D eigenvalue weighted by Crippen LogP contribution is 2.30. The number of aromatic hydroxyl groups is 1. The molecule has 1 N–H and O–H groups in total. The zero-order valence-electron chi connectivity index (χ0n) is 13.9. The molecular weight excluding hydrogens is 276 g/mol. The van der Waals surface area contributed by atoms with Gasteiger partial charge >= 0.3 is 0 Å². The van der Waals surface area contributed by atoms with E-state index >= 15 is 0 Å². The van der Waals surface area contributed by atoms with E-state index in [1.54, 1.807) is 0 Å². The molecule has 0 saturated carbocycles. The van der Waals surface area contributed by atoms with Crippen LogP contribution in [0, 0.1) is 0 Å². The van der Waals surface area contributed by atoms with Gasteiger partial charge in [0.05, 0.1) is 0 Å². The highest BCUT2D eigenvalue weighted by Gasteiger charge is 2.34. The van der Waals surface area contributed by atoms with Crippen molar-refractivity contribution >= 4 is 13.4 Å². The van der Waals surface area contributed by atoms with E-state index in [9.17, 15) is 5.11 Å². The van der Waals surface area contributed by atoms with Gasteiger partial charge in [-0.05, 0) is 36.2 Å². The van der Waals surface area contributed by atoms with E-state index in [0.717, 1.165) is 10.8 Å². The first-order valence-electron chi connectivity index (χ1n) is 7.35. The molecule has 4 heteroatoms. The van der Waals surface area contributed by atoms with Crippen LogP contribution < -0.4 is 9.86 Å². The van der Waals surface area contributed by atoms with Crippen molar-refractivity contribution in [2.45, 2.75) is 39.3 Å². The molecule has 1 aromatic heterocycles. The smallest absolute Gasteiger partial charge is 0.204 e. The van der Waals surface area contributed by atoms with Gasteiger partial charge < -0.3 is 9.78 Å². The van der Waals surface area contributed by atoms with Crippen molar-refractivity contribution in [2.24, 2.45) is 0 Å². The molecule has 21 heavy (non-hydrogen) atoms. The molecule has 0 fully saturated rings. The van der Waals surface area contributed by atoms with Crippen LogP contribution >= 0.6 is 0 Å². The molecule has 0 atom stereocenters. The Morgan fingerprint density at radius 1 is 1.05 bits per heavy atom. The summed E-state index contributed by atoms with van der Waals surface area (Å²) >= 11 is 0. The first-order chi connectivity index (χ1) is 9.65. The van der Waals surface area contributed by atoms with E-state index in [-0.39, 0.29) is 5.41 Å². The fourth-order valence-corrected chi connectivity index (χ4v) is 4.91. The van der Waals surface area contributed by atoms with Gasteiger partial charge in [0.2, 0.25) is 8.24 Å². The molecule has 114 valence electrons. The summed E-state index contributed by atoms with van der Waals surface area (Å²) in [4.78, 5) is 0. The zero-order chi connectivity index (χ0) is 15.8. The minimum Gasteiger partial charge on any atom is -0.508 e. The Kier molecular flexibility index (Phi) is 3.93. The molecule has 1 aromatic carbocycles. The van der Waals surface area contributed by atoms with E-state index in [1.807, 2.05) is 30.6 Å². The minimum absolute atomic E-state index is 0.0589. The molecule has 0 amide bonds. The summed E-state index contributed by atoms with van der Waals surface area (Å²) in [7, 11) is 0.0969. The van der Waals surface area contributed by atoms with Gasteiger partial charge in [0.25, 0.3) is 0 Å². The lowest BCUT2D eigenvalue weighted by atomic mass is 9.86. The fraction of sp³-hybridized carbons (Fsp3) is 0.412. The highest BCUT2D eigenvalue weighted by atomic mass is 28.3. The molecule has 0 radical (unpaired) electrons. The van der Waals surface area contributed by atoms with E-state index in [2.05, 4.69) is 62.4 Å². The van der Waals surface area contributed by atoms with E-state index < -0.39 is 8.24 Å². The molecule has 0 saturated heterocycles. The Hall–Kier alpha value is -1.68. The third-order valence-corrected chi connectivity index (χ3v) is 7.82. The van der Waals surface area contributed by atoms with Crippen LogP contribution in [0.3, 0.4) is 0 Å². The summed E-state index contributed by atoms with van der Waals surface area (Å²) in [5, 5.41) is 11.9. The lowest BCUT2D eigenvalue weighted by molar-refractivity contribution is 0.450. The van der Waals surface area contributed by atoms with Crippen LogP contribution in [0.2, 0.25) is 13.1 Å². The van der Waals surface area contributed by atoms with Crippen LogP contribution in [0.5, 0.6) is 5.75 Å². The molecule has 0 aliphatic heterocycles. The van der Waals surface area contributed by atoms with Gasteiger partial charge in [0.15, 0.2) is 0 Å². The number of nitrogens with zero attached hydrogens (tertiary/aromatic N) is 2. The average Bonchev–Trinajstić information content (AvgIpc) is 2.90. The largest absolute Gasteiger partial charge is 0.508 e. The van der Waals surface area contributed by atoms with Gasteiger partial charge in [0, 0.05) is 24.6 Å². The Morgan fingerprint density at radius 2 is 1.62 bits per heavy atom. The lowest BCUT2D eigenvalue weighted by Crippen LogP contribution is -2.60. The normalized spacial score (nSPS) is 12.5. The van der Waals surface area contributed by atoms with Crippen molar-refractivity contribution < 1.29 is 5.11 Å². The SMILES string of the molecule is CN(n1cccc1)[Si](C)(C)c1cccc(C(C)(C)C)c1O. The Labute approximate surface area is 128 Å². The highest BCUT2D eigenvalue weighted by molar-refractivity contribution is 6.92. The first-order valence-corrected chi connectivity index (χ1v) is 10.3. The molecule has 2 rings (SSSR count). The van der Waals surface area contributed by atoms with Crippen LogP contribution in [0.1, 0.15) is 26.3 Å². The molecule has 0 bridgehead atoms. The van der Waals surface area contributed by atoms with Crippen molar-refractivity contribution in [3.63, 3.8) is 0 Å². The van der Waals surface area contributed by atoms with Crippen molar-refractivity contribution in [1.29, 1.82) is 0 Å². The second-order valence-corrected chi connectivity index (χ2v) is 11.4. The molecule has 3 nitrogen and oxygen atoms in total. The summed E-state index contributed by atoms with van der Waals surface area (Å²) < 4.78 is 4.35. The summed E-state index contributed by atoms with van der Waals surface area (Å²) in [5.74, 6) is 0.459. The number of hydrogen-bond acceptors (Lipinski definition) is 2. The minimum atomic E-state index is -2.00. The number of para-hydroxylation sites is 1. The van der Waals surface area contributed by atoms with Gasteiger partial charge in [0.1, 0.15) is 5.75 Å². The molecule has 2 aromatic rings. The molecule has 0 aliphatic rings. The van der Waals surface area contributed by atoms with E-state index in [4.69, 9.17) is 0 Å². The fourth-order valence-electron chi connectivity index (χ4n) is 2.63. The molecular formula is C17H26N2OSi. The van der Waals surface area contributed by atoms with Crippen LogP contribution in [-0.4, -0.2) is 25.1 Å². The van der Waals surface area contributed by atoms with Gasteiger partial charge in [-0.25, -0.2) is 0 Å².